The van der Waals surface area contributed by atoms with E-state index >= 15 is 0 Å². The number of hydrogen-bond donors (Lipinski definition) is 1. The average Bonchev–Trinajstić information content (AvgIpc) is 3.16. The van der Waals surface area contributed by atoms with E-state index < -0.39 is 11.7 Å². The van der Waals surface area contributed by atoms with Crippen LogP contribution < -0.4 is 9.47 Å². The van der Waals surface area contributed by atoms with Crippen LogP contribution in [0.1, 0.15) is 20.7 Å². The van der Waals surface area contributed by atoms with Crippen LogP contribution >= 0.6 is 0 Å². The van der Waals surface area contributed by atoms with E-state index in [2.05, 4.69) is 5.10 Å². The Hall–Kier alpha value is -3.61. The zero-order valence-electron chi connectivity index (χ0n) is 14.0. The Morgan fingerprint density at radius 1 is 1.08 bits per heavy atom. The lowest BCUT2D eigenvalue weighted by molar-refractivity contribution is 0.0819. The van der Waals surface area contributed by atoms with Crippen LogP contribution in [0.25, 0.3) is 0 Å². The Morgan fingerprint density at radius 3 is 2.50 bits per heavy atom. The van der Waals surface area contributed by atoms with E-state index in [0.29, 0.717) is 11.5 Å². The quantitative estimate of drug-likeness (QED) is 0.686. The second kappa shape index (κ2) is 7.52. The largest absolute Gasteiger partial charge is 0.507 e. The summed E-state index contributed by atoms with van der Waals surface area (Å²) < 4.78 is 11.6. The summed E-state index contributed by atoms with van der Waals surface area (Å²) in [6, 6.07) is 13.1. The van der Waals surface area contributed by atoms with Crippen molar-refractivity contribution in [1.82, 2.24) is 9.78 Å². The third-order valence-electron chi connectivity index (χ3n) is 3.67. The van der Waals surface area contributed by atoms with Crippen molar-refractivity contribution in [2.24, 2.45) is 0 Å². The highest BCUT2D eigenvalue weighted by molar-refractivity contribution is 6.10. The Bertz CT molecular complexity index is 948. The van der Waals surface area contributed by atoms with Gasteiger partial charge in [-0.25, -0.2) is 4.68 Å². The average molecular weight is 352 g/mol. The molecule has 7 heteroatoms. The molecule has 1 N–H and O–H groups in total. The van der Waals surface area contributed by atoms with Gasteiger partial charge >= 0.3 is 0 Å². The number of phenolic OH excluding ortho intramolecular Hbond substituents is 1. The monoisotopic (exact) mass is 352 g/mol. The van der Waals surface area contributed by atoms with Crippen LogP contribution in [0.4, 0.5) is 0 Å². The molecule has 0 amide bonds. The first-order valence-corrected chi connectivity index (χ1v) is 7.76. The lowest BCUT2D eigenvalue weighted by Gasteiger charge is -2.09. The highest BCUT2D eigenvalue weighted by Gasteiger charge is 2.17. The van der Waals surface area contributed by atoms with Gasteiger partial charge in [-0.1, -0.05) is 24.3 Å². The van der Waals surface area contributed by atoms with Gasteiger partial charge in [0.2, 0.25) is 0 Å². The van der Waals surface area contributed by atoms with E-state index in [4.69, 9.17) is 9.47 Å². The van der Waals surface area contributed by atoms with Crippen LogP contribution in [-0.4, -0.2) is 40.3 Å². The second-order valence-corrected chi connectivity index (χ2v) is 5.35. The van der Waals surface area contributed by atoms with Gasteiger partial charge in [-0.3, -0.25) is 9.59 Å². The summed E-state index contributed by atoms with van der Waals surface area (Å²) in [6.45, 7) is -0.272. The predicted octanol–water partition coefficient (Wildman–Crippen LogP) is 2.55. The highest BCUT2D eigenvalue weighted by Crippen LogP contribution is 2.25. The van der Waals surface area contributed by atoms with E-state index in [1.807, 2.05) is 0 Å². The van der Waals surface area contributed by atoms with Gasteiger partial charge in [0.15, 0.2) is 23.9 Å². The molecule has 26 heavy (non-hydrogen) atoms. The molecule has 7 nitrogen and oxygen atoms in total. The normalized spacial score (nSPS) is 10.3. The maximum atomic E-state index is 12.4. The summed E-state index contributed by atoms with van der Waals surface area (Å²) in [5.41, 5.74) is 0.335. The van der Waals surface area contributed by atoms with Crippen molar-refractivity contribution >= 4 is 11.7 Å². The fraction of sp³-hybridized carbons (Fsp3) is 0.105. The molecule has 1 heterocycles. The van der Waals surface area contributed by atoms with E-state index in [0.717, 1.165) is 4.68 Å². The molecular formula is C19H16N2O5. The van der Waals surface area contributed by atoms with Crippen molar-refractivity contribution in [2.45, 2.75) is 0 Å². The summed E-state index contributed by atoms with van der Waals surface area (Å²) in [4.78, 5) is 24.6. The first-order chi connectivity index (χ1) is 12.6. The number of ether oxygens (including phenoxy) is 2. The van der Waals surface area contributed by atoms with E-state index in [1.165, 1.54) is 31.6 Å². The first kappa shape index (κ1) is 17.2. The number of ketones is 1. The molecule has 1 aromatic heterocycles. The number of benzene rings is 2. The van der Waals surface area contributed by atoms with Crippen molar-refractivity contribution in [3.05, 3.63) is 72.1 Å². The Morgan fingerprint density at radius 2 is 1.77 bits per heavy atom. The molecule has 132 valence electrons. The standard InChI is InChI=1S/C19H16N2O5/c1-25-16-8-4-5-9-17(16)26-12-18(23)21-11-13(10-20-21)19(24)14-6-2-3-7-15(14)22/h2-11,22H,12H2,1H3. The molecule has 2 aromatic carbocycles. The first-order valence-electron chi connectivity index (χ1n) is 7.76. The molecular weight excluding hydrogens is 336 g/mol. The van der Waals surface area contributed by atoms with Crippen LogP contribution in [0, 0.1) is 0 Å². The van der Waals surface area contributed by atoms with Gasteiger partial charge in [0.25, 0.3) is 5.91 Å². The number of aromatic hydroxyl groups is 1. The number of para-hydroxylation sites is 3. The van der Waals surface area contributed by atoms with E-state index in [9.17, 15) is 14.7 Å². The topological polar surface area (TPSA) is 90.7 Å². The lowest BCUT2D eigenvalue weighted by Crippen LogP contribution is -2.20. The molecule has 0 aliphatic rings. The SMILES string of the molecule is COc1ccccc1OCC(=O)n1cc(C(=O)c2ccccc2O)cn1. The van der Waals surface area contributed by atoms with Crippen LogP contribution in [0.2, 0.25) is 0 Å². The molecule has 0 bridgehead atoms. The number of nitrogens with zero attached hydrogens (tertiary/aromatic N) is 2. The Balaban J connectivity index is 1.70. The molecule has 0 radical (unpaired) electrons. The summed E-state index contributed by atoms with van der Waals surface area (Å²) in [6.07, 6.45) is 2.58. The molecule has 0 saturated carbocycles. The number of rotatable bonds is 6. The number of hydrogen-bond acceptors (Lipinski definition) is 6. The van der Waals surface area contributed by atoms with Gasteiger partial charge < -0.3 is 14.6 Å². The van der Waals surface area contributed by atoms with Crippen LogP contribution in [-0.2, 0) is 0 Å². The highest BCUT2D eigenvalue weighted by atomic mass is 16.5. The Labute approximate surface area is 149 Å². The third kappa shape index (κ3) is 3.56. The van der Waals surface area contributed by atoms with E-state index in [-0.39, 0.29) is 23.5 Å². The van der Waals surface area contributed by atoms with Gasteiger partial charge in [0.1, 0.15) is 5.75 Å². The van der Waals surface area contributed by atoms with Gasteiger partial charge in [-0.15, -0.1) is 0 Å². The minimum absolute atomic E-state index is 0.129. The minimum Gasteiger partial charge on any atom is -0.507 e. The molecule has 0 saturated heterocycles. The Kier molecular flexibility index (Phi) is 4.98. The number of phenols is 1. The molecule has 0 unspecified atom stereocenters. The predicted molar refractivity (Wildman–Crippen MR) is 92.9 cm³/mol. The number of aromatic nitrogens is 2. The lowest BCUT2D eigenvalue weighted by atomic mass is 10.1. The summed E-state index contributed by atoms with van der Waals surface area (Å²) in [5, 5.41) is 13.7. The maximum Gasteiger partial charge on any atom is 0.284 e. The van der Waals surface area contributed by atoms with Crippen molar-refractivity contribution in [3.8, 4) is 17.2 Å². The van der Waals surface area contributed by atoms with Gasteiger partial charge in [-0.2, -0.15) is 5.10 Å². The molecule has 3 aromatic rings. The molecule has 0 atom stereocenters. The fourth-order valence-electron chi connectivity index (χ4n) is 2.34. The van der Waals surface area contributed by atoms with Crippen molar-refractivity contribution in [2.75, 3.05) is 13.7 Å². The van der Waals surface area contributed by atoms with Crippen molar-refractivity contribution in [1.29, 1.82) is 0 Å². The summed E-state index contributed by atoms with van der Waals surface area (Å²) in [7, 11) is 1.51. The molecule has 0 spiro atoms. The summed E-state index contributed by atoms with van der Waals surface area (Å²) in [5.74, 6) is -0.0617. The zero-order valence-corrected chi connectivity index (χ0v) is 14.0. The number of carbonyl (C=O) groups is 2. The van der Waals surface area contributed by atoms with Crippen molar-refractivity contribution < 1.29 is 24.2 Å². The van der Waals surface area contributed by atoms with Crippen molar-refractivity contribution in [3.63, 3.8) is 0 Å². The smallest absolute Gasteiger partial charge is 0.284 e. The molecule has 0 aliphatic heterocycles. The van der Waals surface area contributed by atoms with Gasteiger partial charge in [-0.05, 0) is 24.3 Å². The zero-order chi connectivity index (χ0) is 18.5. The number of methoxy groups -OCH3 is 1. The molecule has 3 rings (SSSR count). The summed E-state index contributed by atoms with van der Waals surface area (Å²) >= 11 is 0. The minimum atomic E-state index is -0.452. The maximum absolute atomic E-state index is 12.4. The molecule has 0 aliphatic carbocycles. The third-order valence-corrected chi connectivity index (χ3v) is 3.67. The second-order valence-electron chi connectivity index (χ2n) is 5.35. The van der Waals surface area contributed by atoms with Crippen LogP contribution in [0.3, 0.4) is 0 Å². The van der Waals surface area contributed by atoms with E-state index in [1.54, 1.807) is 36.4 Å². The fourth-order valence-corrected chi connectivity index (χ4v) is 2.34. The van der Waals surface area contributed by atoms with Crippen LogP contribution in [0.15, 0.2) is 60.9 Å². The van der Waals surface area contributed by atoms with Crippen LogP contribution in [0.5, 0.6) is 17.2 Å². The number of carbonyl (C=O) groups excluding carboxylic acids is 2. The molecule has 0 fully saturated rings. The van der Waals surface area contributed by atoms with Gasteiger partial charge in [0, 0.05) is 6.20 Å². The van der Waals surface area contributed by atoms with Gasteiger partial charge in [0.05, 0.1) is 24.4 Å².